The lowest BCUT2D eigenvalue weighted by molar-refractivity contribution is -0.119. The number of carbonyl (C=O) groups excluding carboxylic acids is 2. The molecular formula is C18H23N3O3S. The van der Waals surface area contributed by atoms with Crippen molar-refractivity contribution in [1.82, 2.24) is 5.32 Å². The molecule has 0 aromatic heterocycles. The Morgan fingerprint density at radius 3 is 2.88 bits per heavy atom. The minimum atomic E-state index is -0.625. The molecule has 1 aromatic carbocycles. The van der Waals surface area contributed by atoms with Crippen LogP contribution >= 0.6 is 11.8 Å². The first-order chi connectivity index (χ1) is 11.8. The zero-order chi connectivity index (χ0) is 18.2. The van der Waals surface area contributed by atoms with Crippen molar-refractivity contribution in [3.8, 4) is 0 Å². The highest BCUT2D eigenvalue weighted by Gasteiger charge is 2.33. The van der Waals surface area contributed by atoms with Crippen molar-refractivity contribution in [1.29, 1.82) is 0 Å². The van der Waals surface area contributed by atoms with Gasteiger partial charge in [0.15, 0.2) is 0 Å². The standard InChI is InChI=1S/C18H23N3O3S/c1-18(2,3)24-17(23)20-13-10-25-14-8-7-12-11(6-5-9-19-12)15(14)21(4)16(13)22/h7-9,13H,5-6,10H2,1-4H3,(H,20,23)/t13-/m0/s1. The summed E-state index contributed by atoms with van der Waals surface area (Å²) in [4.78, 5) is 32.1. The second-order valence-electron chi connectivity index (χ2n) is 7.17. The highest BCUT2D eigenvalue weighted by molar-refractivity contribution is 7.99. The number of likely N-dealkylation sites (N-methyl/N-ethyl adjacent to an activating group) is 1. The molecule has 0 aliphatic carbocycles. The van der Waals surface area contributed by atoms with Gasteiger partial charge in [-0.2, -0.15) is 0 Å². The number of amides is 2. The van der Waals surface area contributed by atoms with Crippen LogP contribution in [0, 0.1) is 0 Å². The van der Waals surface area contributed by atoms with Gasteiger partial charge in [0.1, 0.15) is 11.6 Å². The summed E-state index contributed by atoms with van der Waals surface area (Å²) < 4.78 is 5.28. The minimum absolute atomic E-state index is 0.139. The normalized spacial score (nSPS) is 19.8. The van der Waals surface area contributed by atoms with E-state index in [4.69, 9.17) is 4.74 Å². The first-order valence-electron chi connectivity index (χ1n) is 8.34. The molecule has 3 rings (SSSR count). The molecule has 1 atom stereocenters. The molecular weight excluding hydrogens is 338 g/mol. The quantitative estimate of drug-likeness (QED) is 0.833. The van der Waals surface area contributed by atoms with Gasteiger partial charge in [-0.3, -0.25) is 9.79 Å². The molecule has 0 unspecified atom stereocenters. The van der Waals surface area contributed by atoms with Crippen LogP contribution in [0.5, 0.6) is 0 Å². The fraction of sp³-hybridized carbons (Fsp3) is 0.500. The third-order valence-electron chi connectivity index (χ3n) is 4.04. The van der Waals surface area contributed by atoms with Gasteiger partial charge in [-0.15, -0.1) is 11.8 Å². The summed E-state index contributed by atoms with van der Waals surface area (Å²) in [6.07, 6.45) is 3.07. The van der Waals surface area contributed by atoms with E-state index in [0.717, 1.165) is 34.7 Å². The summed E-state index contributed by atoms with van der Waals surface area (Å²) in [6, 6.07) is 3.37. The minimum Gasteiger partial charge on any atom is -0.444 e. The van der Waals surface area contributed by atoms with Crippen LogP contribution < -0.4 is 10.2 Å². The molecule has 7 heteroatoms. The zero-order valence-corrected chi connectivity index (χ0v) is 15.8. The summed E-state index contributed by atoms with van der Waals surface area (Å²) >= 11 is 1.57. The number of fused-ring (bicyclic) bond motifs is 3. The lowest BCUT2D eigenvalue weighted by Gasteiger charge is -2.26. The molecule has 0 saturated carbocycles. The fourth-order valence-corrected chi connectivity index (χ4v) is 4.10. The molecule has 1 aromatic rings. The van der Waals surface area contributed by atoms with Crippen LogP contribution in [0.4, 0.5) is 16.2 Å². The summed E-state index contributed by atoms with van der Waals surface area (Å²) in [5.41, 5.74) is 2.33. The lowest BCUT2D eigenvalue weighted by atomic mass is 10.0. The smallest absolute Gasteiger partial charge is 0.408 e. The maximum Gasteiger partial charge on any atom is 0.408 e. The number of carbonyl (C=O) groups is 2. The van der Waals surface area contributed by atoms with E-state index in [1.165, 1.54) is 0 Å². The second kappa shape index (κ2) is 6.71. The zero-order valence-electron chi connectivity index (χ0n) is 15.0. The Hall–Kier alpha value is -2.02. The van der Waals surface area contributed by atoms with Gasteiger partial charge in [-0.1, -0.05) is 0 Å². The number of anilines is 1. The fourth-order valence-electron chi connectivity index (χ4n) is 2.97. The average Bonchev–Trinajstić information content (AvgIpc) is 2.65. The van der Waals surface area contributed by atoms with E-state index in [0.29, 0.717) is 5.75 Å². The van der Waals surface area contributed by atoms with Crippen molar-refractivity contribution >= 4 is 41.4 Å². The van der Waals surface area contributed by atoms with Crippen LogP contribution in [0.3, 0.4) is 0 Å². The van der Waals surface area contributed by atoms with Crippen molar-refractivity contribution in [2.24, 2.45) is 4.99 Å². The third-order valence-corrected chi connectivity index (χ3v) is 5.18. The number of ether oxygens (including phenoxy) is 1. The molecule has 0 saturated heterocycles. The number of rotatable bonds is 1. The van der Waals surface area contributed by atoms with E-state index in [2.05, 4.69) is 10.3 Å². The monoisotopic (exact) mass is 361 g/mol. The van der Waals surface area contributed by atoms with Crippen LogP contribution in [-0.2, 0) is 16.0 Å². The average molecular weight is 361 g/mol. The third kappa shape index (κ3) is 3.81. The van der Waals surface area contributed by atoms with Crippen molar-refractivity contribution in [2.45, 2.75) is 50.2 Å². The maximum absolute atomic E-state index is 12.9. The van der Waals surface area contributed by atoms with Crippen LogP contribution in [0.15, 0.2) is 22.0 Å². The topological polar surface area (TPSA) is 71.0 Å². The molecule has 0 bridgehead atoms. The predicted molar refractivity (Wildman–Crippen MR) is 100 cm³/mol. The largest absolute Gasteiger partial charge is 0.444 e. The number of nitrogens with one attached hydrogen (secondary N) is 1. The molecule has 0 spiro atoms. The predicted octanol–water partition coefficient (Wildman–Crippen LogP) is 3.30. The number of hydrogen-bond acceptors (Lipinski definition) is 5. The molecule has 25 heavy (non-hydrogen) atoms. The molecule has 6 nitrogen and oxygen atoms in total. The van der Waals surface area contributed by atoms with Gasteiger partial charge >= 0.3 is 6.09 Å². The highest BCUT2D eigenvalue weighted by Crippen LogP contribution is 2.42. The molecule has 0 radical (unpaired) electrons. The number of thioether (sulfide) groups is 1. The van der Waals surface area contributed by atoms with Gasteiger partial charge in [0, 0.05) is 29.5 Å². The molecule has 2 heterocycles. The molecule has 134 valence electrons. The van der Waals surface area contributed by atoms with E-state index in [9.17, 15) is 9.59 Å². The van der Waals surface area contributed by atoms with Crippen molar-refractivity contribution in [3.05, 3.63) is 17.7 Å². The van der Waals surface area contributed by atoms with E-state index in [1.807, 2.05) is 18.3 Å². The van der Waals surface area contributed by atoms with Crippen molar-refractivity contribution < 1.29 is 14.3 Å². The van der Waals surface area contributed by atoms with Gasteiger partial charge in [0.05, 0.1) is 11.4 Å². The van der Waals surface area contributed by atoms with E-state index in [-0.39, 0.29) is 5.91 Å². The maximum atomic E-state index is 12.9. The summed E-state index contributed by atoms with van der Waals surface area (Å²) in [7, 11) is 1.76. The molecule has 1 N–H and O–H groups in total. The summed E-state index contributed by atoms with van der Waals surface area (Å²) in [6.45, 7) is 5.39. The number of hydrogen-bond donors (Lipinski definition) is 1. The Morgan fingerprint density at radius 1 is 1.40 bits per heavy atom. The second-order valence-corrected chi connectivity index (χ2v) is 8.23. The molecule has 0 fully saturated rings. The highest BCUT2D eigenvalue weighted by atomic mass is 32.2. The number of nitrogens with zero attached hydrogens (tertiary/aromatic N) is 2. The Balaban J connectivity index is 1.84. The lowest BCUT2D eigenvalue weighted by Crippen LogP contribution is -2.49. The van der Waals surface area contributed by atoms with E-state index < -0.39 is 17.7 Å². The van der Waals surface area contributed by atoms with Gasteiger partial charge in [0.2, 0.25) is 5.91 Å². The van der Waals surface area contributed by atoms with Crippen LogP contribution in [-0.4, -0.2) is 42.7 Å². The van der Waals surface area contributed by atoms with Gasteiger partial charge in [-0.25, -0.2) is 4.79 Å². The Bertz CT molecular complexity index is 740. The Labute approximate surface area is 152 Å². The summed E-state index contributed by atoms with van der Waals surface area (Å²) in [5.74, 6) is 0.331. The first kappa shape index (κ1) is 17.8. The first-order valence-corrected chi connectivity index (χ1v) is 9.33. The Morgan fingerprint density at radius 2 is 2.16 bits per heavy atom. The number of alkyl carbamates (subject to hydrolysis) is 1. The molecule has 2 aliphatic rings. The van der Waals surface area contributed by atoms with Crippen LogP contribution in [0.2, 0.25) is 0 Å². The van der Waals surface area contributed by atoms with E-state index >= 15 is 0 Å². The van der Waals surface area contributed by atoms with Crippen molar-refractivity contribution in [3.63, 3.8) is 0 Å². The number of benzene rings is 1. The van der Waals surface area contributed by atoms with Gasteiger partial charge < -0.3 is 15.0 Å². The summed E-state index contributed by atoms with van der Waals surface area (Å²) in [5, 5.41) is 2.71. The SMILES string of the molecule is CN1C(=O)[C@@H](NC(=O)OC(C)(C)C)CSc2ccc3c(c21)CCC=N3. The number of aliphatic imine (C=N–C) groups is 1. The molecule has 2 aliphatic heterocycles. The Kier molecular flexibility index (Phi) is 4.77. The van der Waals surface area contributed by atoms with Gasteiger partial charge in [0.25, 0.3) is 0 Å². The van der Waals surface area contributed by atoms with Crippen LogP contribution in [0.1, 0.15) is 32.8 Å². The van der Waals surface area contributed by atoms with Gasteiger partial charge in [-0.05, 0) is 45.7 Å². The van der Waals surface area contributed by atoms with Crippen molar-refractivity contribution in [2.75, 3.05) is 17.7 Å². The van der Waals surface area contributed by atoms with Crippen LogP contribution in [0.25, 0.3) is 0 Å². The molecule has 2 amide bonds. The van der Waals surface area contributed by atoms with E-state index in [1.54, 1.807) is 44.5 Å².